The minimum absolute atomic E-state index is 0.155. The first-order valence-electron chi connectivity index (χ1n) is 9.60. The number of methoxy groups -OCH3 is 1. The fraction of sp³-hybridized carbons (Fsp3) is 0.435. The van der Waals surface area contributed by atoms with Crippen LogP contribution >= 0.6 is 0 Å². The van der Waals surface area contributed by atoms with Crippen LogP contribution in [0.2, 0.25) is 0 Å². The van der Waals surface area contributed by atoms with E-state index in [0.717, 1.165) is 33.9 Å². The van der Waals surface area contributed by atoms with Crippen molar-refractivity contribution in [1.29, 1.82) is 0 Å². The van der Waals surface area contributed by atoms with Gasteiger partial charge >= 0.3 is 0 Å². The van der Waals surface area contributed by atoms with Crippen molar-refractivity contribution >= 4 is 5.91 Å². The van der Waals surface area contributed by atoms with E-state index in [1.807, 2.05) is 64.1 Å². The summed E-state index contributed by atoms with van der Waals surface area (Å²) in [5.74, 6) is 2.08. The SMILES string of the molecule is COc1ccc2c(c1)[C@@H](NC(=O)[C@H](C)Oc1cc(C)ccc1C)CC(C)(C)O2. The first-order valence-corrected chi connectivity index (χ1v) is 9.60. The Morgan fingerprint density at radius 3 is 2.68 bits per heavy atom. The van der Waals surface area contributed by atoms with E-state index in [1.54, 1.807) is 14.0 Å². The van der Waals surface area contributed by atoms with E-state index in [4.69, 9.17) is 14.2 Å². The molecule has 150 valence electrons. The Kier molecular flexibility index (Phi) is 5.54. The van der Waals surface area contributed by atoms with Crippen molar-refractivity contribution in [2.75, 3.05) is 7.11 Å². The second kappa shape index (κ2) is 7.74. The fourth-order valence-corrected chi connectivity index (χ4v) is 3.46. The first kappa shape index (κ1) is 20.1. The summed E-state index contributed by atoms with van der Waals surface area (Å²) in [4.78, 5) is 12.9. The van der Waals surface area contributed by atoms with Crippen molar-refractivity contribution < 1.29 is 19.0 Å². The van der Waals surface area contributed by atoms with Gasteiger partial charge in [0, 0.05) is 12.0 Å². The van der Waals surface area contributed by atoms with Gasteiger partial charge in [0.2, 0.25) is 0 Å². The second-order valence-corrected chi connectivity index (χ2v) is 8.06. The predicted octanol–water partition coefficient (Wildman–Crippen LogP) is 4.50. The minimum atomic E-state index is -0.611. The molecule has 3 rings (SSSR count). The van der Waals surface area contributed by atoms with Crippen molar-refractivity contribution in [3.05, 3.63) is 53.1 Å². The molecule has 1 amide bonds. The predicted molar refractivity (Wildman–Crippen MR) is 109 cm³/mol. The molecule has 2 aromatic carbocycles. The molecule has 1 aliphatic rings. The number of aryl methyl sites for hydroxylation is 2. The third-order valence-corrected chi connectivity index (χ3v) is 5.01. The third kappa shape index (κ3) is 4.41. The van der Waals surface area contributed by atoms with Gasteiger partial charge in [-0.2, -0.15) is 0 Å². The molecular formula is C23H29NO4. The molecule has 0 fully saturated rings. The molecule has 5 nitrogen and oxygen atoms in total. The van der Waals surface area contributed by atoms with Crippen LogP contribution in [0.4, 0.5) is 0 Å². The summed E-state index contributed by atoms with van der Waals surface area (Å²) in [6.07, 6.45) is 0.0512. The van der Waals surface area contributed by atoms with Crippen LogP contribution in [0.15, 0.2) is 36.4 Å². The molecule has 0 saturated heterocycles. The molecule has 2 aromatic rings. The molecular weight excluding hydrogens is 354 g/mol. The van der Waals surface area contributed by atoms with Gasteiger partial charge in [-0.25, -0.2) is 0 Å². The normalized spacial score (nSPS) is 18.4. The Balaban J connectivity index is 1.78. The number of carbonyl (C=O) groups is 1. The number of hydrogen-bond donors (Lipinski definition) is 1. The molecule has 28 heavy (non-hydrogen) atoms. The first-order chi connectivity index (χ1) is 13.2. The molecule has 0 aromatic heterocycles. The van der Waals surface area contributed by atoms with Gasteiger partial charge in [0.1, 0.15) is 22.8 Å². The van der Waals surface area contributed by atoms with E-state index in [2.05, 4.69) is 5.32 Å². The van der Waals surface area contributed by atoms with Crippen LogP contribution in [-0.2, 0) is 4.79 Å². The lowest BCUT2D eigenvalue weighted by molar-refractivity contribution is -0.128. The average Bonchev–Trinajstić information content (AvgIpc) is 2.63. The second-order valence-electron chi connectivity index (χ2n) is 8.06. The van der Waals surface area contributed by atoms with Gasteiger partial charge in [0.05, 0.1) is 13.2 Å². The summed E-state index contributed by atoms with van der Waals surface area (Å²) >= 11 is 0. The number of ether oxygens (including phenoxy) is 3. The number of hydrogen-bond acceptors (Lipinski definition) is 4. The Hall–Kier alpha value is -2.69. The zero-order valence-electron chi connectivity index (χ0n) is 17.5. The highest BCUT2D eigenvalue weighted by molar-refractivity contribution is 5.81. The molecule has 5 heteroatoms. The molecule has 0 unspecified atom stereocenters. The van der Waals surface area contributed by atoms with Gasteiger partial charge in [-0.05, 0) is 70.0 Å². The fourth-order valence-electron chi connectivity index (χ4n) is 3.46. The van der Waals surface area contributed by atoms with Crippen LogP contribution in [0.5, 0.6) is 17.2 Å². The van der Waals surface area contributed by atoms with Gasteiger partial charge in [0.25, 0.3) is 5.91 Å². The van der Waals surface area contributed by atoms with Crippen LogP contribution in [0.25, 0.3) is 0 Å². The lowest BCUT2D eigenvalue weighted by Crippen LogP contribution is -2.44. The summed E-state index contributed by atoms with van der Waals surface area (Å²) in [6.45, 7) is 9.80. The lowest BCUT2D eigenvalue weighted by Gasteiger charge is -2.38. The summed E-state index contributed by atoms with van der Waals surface area (Å²) in [6, 6.07) is 11.5. The maximum Gasteiger partial charge on any atom is 0.261 e. The number of nitrogens with one attached hydrogen (secondary N) is 1. The largest absolute Gasteiger partial charge is 0.497 e. The van der Waals surface area contributed by atoms with Crippen molar-refractivity contribution in [2.45, 2.75) is 58.8 Å². The van der Waals surface area contributed by atoms with Crippen molar-refractivity contribution in [3.63, 3.8) is 0 Å². The molecule has 2 atom stereocenters. The topological polar surface area (TPSA) is 56.8 Å². The van der Waals surface area contributed by atoms with Crippen LogP contribution in [0, 0.1) is 13.8 Å². The zero-order valence-corrected chi connectivity index (χ0v) is 17.5. The summed E-state index contributed by atoms with van der Waals surface area (Å²) in [5.41, 5.74) is 2.65. The Morgan fingerprint density at radius 1 is 1.21 bits per heavy atom. The number of benzene rings is 2. The summed E-state index contributed by atoms with van der Waals surface area (Å²) < 4.78 is 17.4. The highest BCUT2D eigenvalue weighted by Gasteiger charge is 2.35. The Labute approximate surface area is 167 Å². The van der Waals surface area contributed by atoms with E-state index >= 15 is 0 Å². The summed E-state index contributed by atoms with van der Waals surface area (Å²) in [5, 5.41) is 3.14. The number of carbonyl (C=O) groups excluding carboxylic acids is 1. The lowest BCUT2D eigenvalue weighted by atomic mass is 9.89. The van der Waals surface area contributed by atoms with Crippen molar-refractivity contribution in [2.24, 2.45) is 0 Å². The molecule has 0 saturated carbocycles. The molecule has 1 aliphatic heterocycles. The van der Waals surface area contributed by atoms with Gasteiger partial charge in [-0.3, -0.25) is 4.79 Å². The van der Waals surface area contributed by atoms with E-state index in [1.165, 1.54) is 0 Å². The highest BCUT2D eigenvalue weighted by atomic mass is 16.5. The van der Waals surface area contributed by atoms with Crippen molar-refractivity contribution in [1.82, 2.24) is 5.32 Å². The minimum Gasteiger partial charge on any atom is -0.497 e. The van der Waals surface area contributed by atoms with E-state index in [9.17, 15) is 4.79 Å². The number of fused-ring (bicyclic) bond motifs is 1. The van der Waals surface area contributed by atoms with Crippen LogP contribution in [0.1, 0.15) is 49.9 Å². The molecule has 0 radical (unpaired) electrons. The smallest absolute Gasteiger partial charge is 0.261 e. The van der Waals surface area contributed by atoms with Crippen LogP contribution < -0.4 is 19.5 Å². The van der Waals surface area contributed by atoms with Crippen molar-refractivity contribution in [3.8, 4) is 17.2 Å². The number of amides is 1. The third-order valence-electron chi connectivity index (χ3n) is 5.01. The Bertz CT molecular complexity index is 875. The average molecular weight is 383 g/mol. The molecule has 1 heterocycles. The number of rotatable bonds is 5. The quantitative estimate of drug-likeness (QED) is 0.826. The van der Waals surface area contributed by atoms with E-state index in [0.29, 0.717) is 6.42 Å². The zero-order chi connectivity index (χ0) is 20.5. The van der Waals surface area contributed by atoms with Crippen LogP contribution in [0.3, 0.4) is 0 Å². The van der Waals surface area contributed by atoms with Gasteiger partial charge in [-0.1, -0.05) is 12.1 Å². The molecule has 0 bridgehead atoms. The molecule has 0 aliphatic carbocycles. The monoisotopic (exact) mass is 383 g/mol. The van der Waals surface area contributed by atoms with Gasteiger partial charge in [-0.15, -0.1) is 0 Å². The maximum atomic E-state index is 12.9. The molecule has 0 spiro atoms. The van der Waals surface area contributed by atoms with E-state index < -0.39 is 6.10 Å². The van der Waals surface area contributed by atoms with Gasteiger partial charge in [0.15, 0.2) is 6.10 Å². The standard InChI is InChI=1S/C23H29NO4/c1-14-7-8-15(2)21(11-14)27-16(3)22(25)24-19-13-23(4,5)28-20-10-9-17(26-6)12-18(19)20/h7-12,16,19H,13H2,1-6H3,(H,24,25)/t16-,19-/m0/s1. The molecule has 1 N–H and O–H groups in total. The Morgan fingerprint density at radius 2 is 1.96 bits per heavy atom. The highest BCUT2D eigenvalue weighted by Crippen LogP contribution is 2.41. The van der Waals surface area contributed by atoms with Crippen LogP contribution in [-0.4, -0.2) is 24.7 Å². The van der Waals surface area contributed by atoms with Gasteiger partial charge < -0.3 is 19.5 Å². The maximum absolute atomic E-state index is 12.9. The van der Waals surface area contributed by atoms with E-state index in [-0.39, 0.29) is 17.6 Å². The summed E-state index contributed by atoms with van der Waals surface area (Å²) in [7, 11) is 1.63.